The summed E-state index contributed by atoms with van der Waals surface area (Å²) < 4.78 is 6.00. The van der Waals surface area contributed by atoms with Gasteiger partial charge < -0.3 is 19.4 Å². The van der Waals surface area contributed by atoms with Crippen LogP contribution in [0, 0.1) is 5.41 Å². The van der Waals surface area contributed by atoms with E-state index in [9.17, 15) is 4.79 Å². The fraction of sp³-hybridized carbons (Fsp3) is 0.731. The zero-order valence-electron chi connectivity index (χ0n) is 19.8. The number of hydrogen-bond donors (Lipinski definition) is 0. The van der Waals surface area contributed by atoms with Crippen LogP contribution in [0.3, 0.4) is 0 Å². The molecule has 0 radical (unpaired) electrons. The number of rotatable bonds is 8. The molecule has 5 nitrogen and oxygen atoms in total. The largest absolute Gasteiger partial charge is 0.494 e. The Kier molecular flexibility index (Phi) is 7.22. The number of anilines is 1. The van der Waals surface area contributed by atoms with Gasteiger partial charge in [-0.1, -0.05) is 20.3 Å². The third-order valence-electron chi connectivity index (χ3n) is 7.49. The van der Waals surface area contributed by atoms with Gasteiger partial charge in [-0.25, -0.2) is 0 Å². The van der Waals surface area contributed by atoms with Crippen LogP contribution in [-0.2, 0) is 4.79 Å². The van der Waals surface area contributed by atoms with Crippen molar-refractivity contribution in [3.8, 4) is 5.75 Å². The molecule has 0 spiro atoms. The number of amides is 1. The number of piperidine rings is 1. The molecule has 3 aliphatic heterocycles. The third kappa shape index (κ3) is 5.43. The Labute approximate surface area is 188 Å². The smallest absolute Gasteiger partial charge is 0.233 e. The second-order valence-electron chi connectivity index (χ2n) is 10.5. The highest BCUT2D eigenvalue weighted by molar-refractivity contribution is 6.00. The molecule has 0 N–H and O–H groups in total. The lowest BCUT2D eigenvalue weighted by Crippen LogP contribution is -2.44. The molecule has 31 heavy (non-hydrogen) atoms. The molecule has 3 fully saturated rings. The van der Waals surface area contributed by atoms with Gasteiger partial charge in [0.1, 0.15) is 5.75 Å². The maximum atomic E-state index is 13.2. The van der Waals surface area contributed by atoms with Crippen molar-refractivity contribution >= 4 is 11.6 Å². The molecule has 1 aromatic rings. The summed E-state index contributed by atoms with van der Waals surface area (Å²) in [4.78, 5) is 20.4. The Hall–Kier alpha value is -1.59. The fourth-order valence-corrected chi connectivity index (χ4v) is 5.66. The molecule has 0 aliphatic carbocycles. The van der Waals surface area contributed by atoms with Crippen molar-refractivity contribution in [2.45, 2.75) is 77.8 Å². The van der Waals surface area contributed by atoms with E-state index in [-0.39, 0.29) is 17.4 Å². The Morgan fingerprint density at radius 2 is 1.77 bits per heavy atom. The van der Waals surface area contributed by atoms with Crippen molar-refractivity contribution in [1.82, 2.24) is 9.80 Å². The summed E-state index contributed by atoms with van der Waals surface area (Å²) in [7, 11) is 0. The summed E-state index contributed by atoms with van der Waals surface area (Å²) in [6, 6.07) is 9.18. The van der Waals surface area contributed by atoms with Gasteiger partial charge in [-0.2, -0.15) is 0 Å². The quantitative estimate of drug-likeness (QED) is 0.570. The Bertz CT molecular complexity index is 727. The minimum atomic E-state index is -0.289. The van der Waals surface area contributed by atoms with Crippen LogP contribution in [-0.4, -0.2) is 67.1 Å². The number of carbonyl (C=O) groups is 1. The first-order chi connectivity index (χ1) is 14.9. The van der Waals surface area contributed by atoms with E-state index in [0.29, 0.717) is 0 Å². The second kappa shape index (κ2) is 9.91. The number of likely N-dealkylation sites (tertiary alicyclic amines) is 2. The van der Waals surface area contributed by atoms with E-state index in [1.165, 1.54) is 51.7 Å². The van der Waals surface area contributed by atoms with Crippen molar-refractivity contribution in [1.29, 1.82) is 0 Å². The first kappa shape index (κ1) is 22.6. The molecule has 3 saturated heterocycles. The molecule has 0 saturated carbocycles. The molecule has 1 unspecified atom stereocenters. The molecular weight excluding hydrogens is 386 g/mol. The molecule has 172 valence electrons. The summed E-state index contributed by atoms with van der Waals surface area (Å²) in [5, 5.41) is 0. The van der Waals surface area contributed by atoms with E-state index in [1.54, 1.807) is 0 Å². The van der Waals surface area contributed by atoms with Crippen molar-refractivity contribution in [2.75, 3.05) is 44.2 Å². The lowest BCUT2D eigenvalue weighted by molar-refractivity contribution is -0.124. The van der Waals surface area contributed by atoms with Crippen LogP contribution in [0.15, 0.2) is 24.3 Å². The highest BCUT2D eigenvalue weighted by Crippen LogP contribution is 2.39. The SMILES string of the molecule is CC1CCCN1CCCOc1ccc(N2C(=O)C(C)(C)C[C@H]2CN2CCCCC2)cc1. The summed E-state index contributed by atoms with van der Waals surface area (Å²) in [6.07, 6.45) is 8.55. The second-order valence-corrected chi connectivity index (χ2v) is 10.5. The lowest BCUT2D eigenvalue weighted by Gasteiger charge is -2.33. The van der Waals surface area contributed by atoms with Gasteiger partial charge in [-0.05, 0) is 89.3 Å². The van der Waals surface area contributed by atoms with E-state index in [0.717, 1.165) is 50.0 Å². The number of ether oxygens (including phenoxy) is 1. The van der Waals surface area contributed by atoms with Gasteiger partial charge in [0.15, 0.2) is 0 Å². The Morgan fingerprint density at radius 1 is 1.03 bits per heavy atom. The molecule has 3 aliphatic rings. The first-order valence-electron chi connectivity index (χ1n) is 12.5. The summed E-state index contributed by atoms with van der Waals surface area (Å²) in [6.45, 7) is 12.9. The predicted octanol–water partition coefficient (Wildman–Crippen LogP) is 4.56. The van der Waals surface area contributed by atoms with Crippen LogP contribution < -0.4 is 9.64 Å². The third-order valence-corrected chi connectivity index (χ3v) is 7.49. The standard InChI is InChI=1S/C26H41N3O2/c1-21-9-7-16-28(21)17-8-18-31-24-12-10-22(11-13-24)29-23(19-26(2,3)25(29)30)20-27-14-5-4-6-15-27/h10-13,21,23H,4-9,14-20H2,1-3H3/t21?,23-/m0/s1. The highest BCUT2D eigenvalue weighted by Gasteiger charge is 2.46. The number of hydrogen-bond acceptors (Lipinski definition) is 4. The lowest BCUT2D eigenvalue weighted by atomic mass is 9.89. The number of nitrogens with zero attached hydrogens (tertiary/aromatic N) is 3. The topological polar surface area (TPSA) is 36.0 Å². The van der Waals surface area contributed by atoms with Crippen molar-refractivity contribution in [3.63, 3.8) is 0 Å². The summed E-state index contributed by atoms with van der Waals surface area (Å²) in [5.74, 6) is 1.15. The van der Waals surface area contributed by atoms with Crippen LogP contribution in [0.1, 0.15) is 65.7 Å². The van der Waals surface area contributed by atoms with Crippen LogP contribution in [0.5, 0.6) is 5.75 Å². The van der Waals surface area contributed by atoms with Crippen LogP contribution in [0.2, 0.25) is 0 Å². The maximum Gasteiger partial charge on any atom is 0.233 e. The summed E-state index contributed by atoms with van der Waals surface area (Å²) >= 11 is 0. The number of carbonyl (C=O) groups excluding carboxylic acids is 1. The molecule has 4 rings (SSSR count). The number of benzene rings is 1. The van der Waals surface area contributed by atoms with Crippen molar-refractivity contribution < 1.29 is 9.53 Å². The minimum Gasteiger partial charge on any atom is -0.494 e. The van der Waals surface area contributed by atoms with Gasteiger partial charge in [-0.15, -0.1) is 0 Å². The molecule has 0 bridgehead atoms. The zero-order chi connectivity index (χ0) is 21.8. The Balaban J connectivity index is 1.33. The Morgan fingerprint density at radius 3 is 2.45 bits per heavy atom. The first-order valence-corrected chi connectivity index (χ1v) is 12.5. The average molecular weight is 428 g/mol. The molecule has 2 atom stereocenters. The monoisotopic (exact) mass is 427 g/mol. The van der Waals surface area contributed by atoms with Crippen molar-refractivity contribution in [2.24, 2.45) is 5.41 Å². The van der Waals surface area contributed by atoms with Crippen molar-refractivity contribution in [3.05, 3.63) is 24.3 Å². The zero-order valence-corrected chi connectivity index (χ0v) is 19.8. The van der Waals surface area contributed by atoms with Gasteiger partial charge >= 0.3 is 0 Å². The minimum absolute atomic E-state index is 0.253. The van der Waals surface area contributed by atoms with Gasteiger partial charge in [0.25, 0.3) is 0 Å². The molecule has 1 amide bonds. The van der Waals surface area contributed by atoms with E-state index in [1.807, 2.05) is 12.1 Å². The molecular formula is C26H41N3O2. The molecule has 3 heterocycles. The van der Waals surface area contributed by atoms with Gasteiger partial charge in [0.2, 0.25) is 5.91 Å². The van der Waals surface area contributed by atoms with Gasteiger partial charge in [0, 0.05) is 30.2 Å². The predicted molar refractivity (Wildman–Crippen MR) is 127 cm³/mol. The highest BCUT2D eigenvalue weighted by atomic mass is 16.5. The average Bonchev–Trinajstić information content (AvgIpc) is 3.26. The van der Waals surface area contributed by atoms with E-state index < -0.39 is 0 Å². The molecule has 0 aromatic heterocycles. The molecule has 5 heteroatoms. The van der Waals surface area contributed by atoms with E-state index in [4.69, 9.17) is 4.74 Å². The molecule has 1 aromatic carbocycles. The van der Waals surface area contributed by atoms with Gasteiger partial charge in [-0.3, -0.25) is 4.79 Å². The van der Waals surface area contributed by atoms with Crippen LogP contribution in [0.4, 0.5) is 5.69 Å². The van der Waals surface area contributed by atoms with Crippen LogP contribution in [0.25, 0.3) is 0 Å². The maximum absolute atomic E-state index is 13.2. The van der Waals surface area contributed by atoms with E-state index in [2.05, 4.69) is 47.6 Å². The fourth-order valence-electron chi connectivity index (χ4n) is 5.66. The van der Waals surface area contributed by atoms with Gasteiger partial charge in [0.05, 0.1) is 12.6 Å². The summed E-state index contributed by atoms with van der Waals surface area (Å²) in [5.41, 5.74) is 0.721. The normalized spacial score (nSPS) is 27.2. The van der Waals surface area contributed by atoms with E-state index >= 15 is 0 Å². The van der Waals surface area contributed by atoms with Crippen LogP contribution >= 0.6 is 0 Å².